The second-order valence-electron chi connectivity index (χ2n) is 2.84. The summed E-state index contributed by atoms with van der Waals surface area (Å²) in [4.78, 5) is 0. The van der Waals surface area contributed by atoms with Gasteiger partial charge in [0, 0.05) is 6.42 Å². The number of hydrogen-bond donors (Lipinski definition) is 2. The molecule has 0 spiro atoms. The largest absolute Gasteiger partial charge is 1.00 e. The molecule has 0 bridgehead atoms. The Kier molecular flexibility index (Phi) is 13.7. The Morgan fingerprint density at radius 2 is 2.08 bits per heavy atom. The lowest BCUT2D eigenvalue weighted by atomic mass is 10.3. The fourth-order valence-corrected chi connectivity index (χ4v) is 0.691. The van der Waals surface area contributed by atoms with Gasteiger partial charge in [-0.25, -0.2) is 0 Å². The lowest BCUT2D eigenvalue weighted by Crippen LogP contribution is -3.00. The van der Waals surface area contributed by atoms with Crippen molar-refractivity contribution in [2.45, 2.75) is 20.3 Å². The molecule has 0 aromatic rings. The molecule has 3 N–H and O–H groups in total. The summed E-state index contributed by atoms with van der Waals surface area (Å²) in [5.74, 6) is 5.84. The van der Waals surface area contributed by atoms with E-state index in [4.69, 9.17) is 5.11 Å². The normalized spacial score (nSPS) is 7.92. The van der Waals surface area contributed by atoms with Crippen molar-refractivity contribution in [3.63, 3.8) is 0 Å². The van der Waals surface area contributed by atoms with Crippen LogP contribution in [0.15, 0.2) is 11.6 Å². The summed E-state index contributed by atoms with van der Waals surface area (Å²) in [7, 11) is 0. The SMILES string of the molecule is CC(C)=CC[NH2+]CC#CCCO.[Br-]. The average molecular weight is 248 g/mol. The maximum absolute atomic E-state index is 8.42. The molecule has 13 heavy (non-hydrogen) atoms. The van der Waals surface area contributed by atoms with E-state index in [1.54, 1.807) is 0 Å². The molecule has 0 aromatic carbocycles. The standard InChI is InChI=1S/C10H17NO.BrH/c1-10(2)6-8-11-7-4-3-5-9-12;/h6,11-12H,5,7-9H2,1-2H3;1H. The number of hydrogen-bond acceptors (Lipinski definition) is 1. The number of nitrogens with two attached hydrogens (primary N) is 1. The average Bonchev–Trinajstić information content (AvgIpc) is 2.02. The lowest BCUT2D eigenvalue weighted by Gasteiger charge is -1.90. The van der Waals surface area contributed by atoms with Crippen molar-refractivity contribution in [1.29, 1.82) is 0 Å². The maximum atomic E-state index is 8.42. The molecule has 76 valence electrons. The zero-order valence-corrected chi connectivity index (χ0v) is 9.89. The van der Waals surface area contributed by atoms with Gasteiger partial charge in [0.1, 0.15) is 6.54 Å². The van der Waals surface area contributed by atoms with Gasteiger partial charge in [-0.05, 0) is 25.8 Å². The quantitative estimate of drug-likeness (QED) is 0.309. The van der Waals surface area contributed by atoms with Crippen LogP contribution in [0.5, 0.6) is 0 Å². The van der Waals surface area contributed by atoms with Crippen molar-refractivity contribution >= 4 is 0 Å². The second-order valence-corrected chi connectivity index (χ2v) is 2.84. The Labute approximate surface area is 91.2 Å². The first kappa shape index (κ1) is 15.2. The third-order valence-corrected chi connectivity index (χ3v) is 1.30. The van der Waals surface area contributed by atoms with Gasteiger partial charge in [-0.1, -0.05) is 11.5 Å². The van der Waals surface area contributed by atoms with Crippen molar-refractivity contribution in [2.24, 2.45) is 0 Å². The van der Waals surface area contributed by atoms with Gasteiger partial charge in [0.15, 0.2) is 0 Å². The molecule has 0 amide bonds. The molecular formula is C10H18BrNO. The van der Waals surface area contributed by atoms with Crippen molar-refractivity contribution in [1.82, 2.24) is 0 Å². The number of rotatable bonds is 4. The highest BCUT2D eigenvalue weighted by Gasteiger charge is 1.81. The highest BCUT2D eigenvalue weighted by Crippen LogP contribution is 1.82. The van der Waals surface area contributed by atoms with Crippen molar-refractivity contribution in [3.8, 4) is 11.8 Å². The highest BCUT2D eigenvalue weighted by molar-refractivity contribution is 4.98. The molecule has 0 heterocycles. The zero-order chi connectivity index (χ0) is 9.23. The van der Waals surface area contributed by atoms with E-state index < -0.39 is 0 Å². The third-order valence-electron chi connectivity index (χ3n) is 1.30. The summed E-state index contributed by atoms with van der Waals surface area (Å²) in [6.45, 7) is 6.16. The van der Waals surface area contributed by atoms with Crippen LogP contribution in [-0.2, 0) is 0 Å². The van der Waals surface area contributed by atoms with Crippen LogP contribution in [0.2, 0.25) is 0 Å². The van der Waals surface area contributed by atoms with E-state index in [-0.39, 0.29) is 23.6 Å². The van der Waals surface area contributed by atoms with Gasteiger partial charge in [-0.2, -0.15) is 0 Å². The van der Waals surface area contributed by atoms with Gasteiger partial charge in [-0.3, -0.25) is 0 Å². The summed E-state index contributed by atoms with van der Waals surface area (Å²) in [5, 5.41) is 10.6. The summed E-state index contributed by atoms with van der Waals surface area (Å²) in [6.07, 6.45) is 2.77. The minimum Gasteiger partial charge on any atom is -1.00 e. The van der Waals surface area contributed by atoms with E-state index in [9.17, 15) is 0 Å². The minimum atomic E-state index is 0. The van der Waals surface area contributed by atoms with E-state index in [0.717, 1.165) is 13.1 Å². The first-order valence-electron chi connectivity index (χ1n) is 4.29. The van der Waals surface area contributed by atoms with Gasteiger partial charge in [0.25, 0.3) is 0 Å². The monoisotopic (exact) mass is 247 g/mol. The summed E-state index contributed by atoms with van der Waals surface area (Å²) in [6, 6.07) is 0. The molecule has 0 radical (unpaired) electrons. The number of allylic oxidation sites excluding steroid dienone is 1. The molecule has 0 rings (SSSR count). The van der Waals surface area contributed by atoms with Crippen LogP contribution < -0.4 is 22.3 Å². The maximum Gasteiger partial charge on any atom is 0.138 e. The van der Waals surface area contributed by atoms with Crippen molar-refractivity contribution < 1.29 is 27.4 Å². The fourth-order valence-electron chi connectivity index (χ4n) is 0.691. The smallest absolute Gasteiger partial charge is 0.138 e. The third kappa shape index (κ3) is 14.5. The second kappa shape index (κ2) is 11.7. The molecule has 0 aliphatic rings. The number of aliphatic hydroxyl groups excluding tert-OH is 1. The Balaban J connectivity index is 0. The molecule has 0 aliphatic carbocycles. The number of aliphatic hydroxyl groups is 1. The summed E-state index contributed by atoms with van der Waals surface area (Å²) < 4.78 is 0. The number of halogens is 1. The fraction of sp³-hybridized carbons (Fsp3) is 0.600. The predicted molar refractivity (Wildman–Crippen MR) is 50.6 cm³/mol. The first-order valence-corrected chi connectivity index (χ1v) is 4.29. The lowest BCUT2D eigenvalue weighted by molar-refractivity contribution is -0.635. The van der Waals surface area contributed by atoms with Crippen molar-refractivity contribution in [2.75, 3.05) is 19.7 Å². The van der Waals surface area contributed by atoms with Crippen LogP contribution in [0.4, 0.5) is 0 Å². The van der Waals surface area contributed by atoms with Gasteiger partial charge < -0.3 is 27.4 Å². The topological polar surface area (TPSA) is 36.8 Å². The van der Waals surface area contributed by atoms with E-state index >= 15 is 0 Å². The molecule has 0 fully saturated rings. The molecule has 0 unspecified atom stereocenters. The number of quaternary nitrogens is 1. The Bertz CT molecular complexity index is 187. The van der Waals surface area contributed by atoms with E-state index in [2.05, 4.69) is 37.1 Å². The van der Waals surface area contributed by atoms with Crippen LogP contribution in [0, 0.1) is 11.8 Å². The molecular weight excluding hydrogens is 230 g/mol. The van der Waals surface area contributed by atoms with E-state index in [0.29, 0.717) is 6.42 Å². The first-order chi connectivity index (χ1) is 5.77. The Hall–Kier alpha value is -0.300. The predicted octanol–water partition coefficient (Wildman–Crippen LogP) is -3.09. The van der Waals surface area contributed by atoms with Crippen molar-refractivity contribution in [3.05, 3.63) is 11.6 Å². The van der Waals surface area contributed by atoms with E-state index in [1.165, 1.54) is 5.57 Å². The molecule has 2 nitrogen and oxygen atoms in total. The van der Waals surface area contributed by atoms with Crippen LogP contribution in [0.25, 0.3) is 0 Å². The highest BCUT2D eigenvalue weighted by atomic mass is 79.9. The molecule has 0 aromatic heterocycles. The van der Waals surface area contributed by atoms with Gasteiger partial charge in [0.2, 0.25) is 0 Å². The molecule has 0 saturated heterocycles. The molecule has 0 atom stereocenters. The minimum absolute atomic E-state index is 0. The Morgan fingerprint density at radius 3 is 2.62 bits per heavy atom. The Morgan fingerprint density at radius 1 is 1.38 bits per heavy atom. The van der Waals surface area contributed by atoms with Gasteiger partial charge in [-0.15, -0.1) is 0 Å². The van der Waals surface area contributed by atoms with Gasteiger partial charge >= 0.3 is 0 Å². The van der Waals surface area contributed by atoms with Crippen LogP contribution in [0.1, 0.15) is 20.3 Å². The van der Waals surface area contributed by atoms with E-state index in [1.807, 2.05) is 0 Å². The summed E-state index contributed by atoms with van der Waals surface area (Å²) in [5.41, 5.74) is 1.34. The molecule has 3 heteroatoms. The summed E-state index contributed by atoms with van der Waals surface area (Å²) >= 11 is 0. The molecule has 0 saturated carbocycles. The van der Waals surface area contributed by atoms with Crippen LogP contribution in [0.3, 0.4) is 0 Å². The molecule has 0 aliphatic heterocycles. The van der Waals surface area contributed by atoms with Crippen LogP contribution in [-0.4, -0.2) is 24.8 Å². The zero-order valence-electron chi connectivity index (χ0n) is 8.31. The van der Waals surface area contributed by atoms with Crippen LogP contribution >= 0.6 is 0 Å². The van der Waals surface area contributed by atoms with Gasteiger partial charge in [0.05, 0.1) is 13.2 Å².